The molecule has 0 bridgehead atoms. The van der Waals surface area contributed by atoms with Crippen LogP contribution in [0.25, 0.3) is 0 Å². The fourth-order valence-corrected chi connectivity index (χ4v) is 2.47. The normalized spacial score (nSPS) is 14.2. The smallest absolute Gasteiger partial charge is 0.211 e. The highest BCUT2D eigenvalue weighted by molar-refractivity contribution is 7.89. The van der Waals surface area contributed by atoms with Crippen molar-refractivity contribution in [2.45, 2.75) is 25.8 Å². The van der Waals surface area contributed by atoms with Crippen molar-refractivity contribution in [2.75, 3.05) is 26.0 Å². The Morgan fingerprint density at radius 1 is 1.43 bits per heavy atom. The van der Waals surface area contributed by atoms with Crippen LogP contribution in [0.2, 0.25) is 0 Å². The Bertz CT molecular complexity index is 229. The molecule has 14 heavy (non-hydrogen) atoms. The Balaban J connectivity index is 3.82. The van der Waals surface area contributed by atoms with Gasteiger partial charge in [0.25, 0.3) is 0 Å². The van der Waals surface area contributed by atoms with Crippen molar-refractivity contribution in [1.29, 1.82) is 0 Å². The molecule has 3 N–H and O–H groups in total. The highest BCUT2D eigenvalue weighted by atomic mass is 32.2. The van der Waals surface area contributed by atoms with Crippen molar-refractivity contribution in [2.24, 2.45) is 5.73 Å². The van der Waals surface area contributed by atoms with E-state index in [1.807, 2.05) is 0 Å². The molecule has 0 aromatic carbocycles. The van der Waals surface area contributed by atoms with Crippen LogP contribution in [-0.4, -0.2) is 40.5 Å². The van der Waals surface area contributed by atoms with Gasteiger partial charge in [0.2, 0.25) is 10.0 Å². The maximum Gasteiger partial charge on any atom is 0.211 e. The number of hydrogen-bond acceptors (Lipinski definition) is 4. The van der Waals surface area contributed by atoms with Crippen molar-refractivity contribution in [3.05, 3.63) is 0 Å². The number of nitrogens with two attached hydrogens (primary N) is 1. The predicted molar refractivity (Wildman–Crippen MR) is 56.5 cm³/mol. The summed E-state index contributed by atoms with van der Waals surface area (Å²) in [5.74, 6) is 0.137. The van der Waals surface area contributed by atoms with Gasteiger partial charge in [0.1, 0.15) is 0 Å². The van der Waals surface area contributed by atoms with Crippen LogP contribution in [0.1, 0.15) is 19.8 Å². The second kappa shape index (κ2) is 7.17. The molecule has 0 fully saturated rings. The number of unbranched alkanes of at least 4 members (excludes halogenated alkanes) is 1. The van der Waals surface area contributed by atoms with E-state index < -0.39 is 10.0 Å². The lowest BCUT2D eigenvalue weighted by Crippen LogP contribution is -2.37. The van der Waals surface area contributed by atoms with Crippen LogP contribution >= 0.6 is 0 Å². The third-order valence-corrected chi connectivity index (χ3v) is 3.25. The Morgan fingerprint density at radius 3 is 2.57 bits per heavy atom. The lowest BCUT2D eigenvalue weighted by molar-refractivity contribution is 0.180. The first-order chi connectivity index (χ1) is 6.52. The van der Waals surface area contributed by atoms with Gasteiger partial charge in [-0.25, -0.2) is 13.1 Å². The zero-order valence-electron chi connectivity index (χ0n) is 8.82. The van der Waals surface area contributed by atoms with Crippen molar-refractivity contribution < 1.29 is 13.2 Å². The molecule has 0 aromatic rings. The van der Waals surface area contributed by atoms with E-state index in [0.717, 1.165) is 6.42 Å². The molecule has 0 saturated heterocycles. The zero-order valence-corrected chi connectivity index (χ0v) is 9.64. The first-order valence-corrected chi connectivity index (χ1v) is 6.36. The van der Waals surface area contributed by atoms with E-state index in [1.54, 1.807) is 14.0 Å². The standard InChI is InChI=1S/C8H20N2O3S/c1-8(7-13-2)10-14(11,12)6-4-3-5-9/h8,10H,3-7,9H2,1-2H3. The fourth-order valence-electron chi connectivity index (χ4n) is 1.09. The van der Waals surface area contributed by atoms with Gasteiger partial charge in [0, 0.05) is 13.2 Å². The Kier molecular flexibility index (Phi) is 7.08. The SMILES string of the molecule is COCC(C)NS(=O)(=O)CCCCN. The number of rotatable bonds is 8. The zero-order chi connectivity index (χ0) is 11.0. The van der Waals surface area contributed by atoms with Gasteiger partial charge in [0.05, 0.1) is 12.4 Å². The highest BCUT2D eigenvalue weighted by Gasteiger charge is 2.13. The lowest BCUT2D eigenvalue weighted by atomic mass is 10.3. The maximum absolute atomic E-state index is 11.4. The molecule has 6 heteroatoms. The maximum atomic E-state index is 11.4. The molecule has 0 spiro atoms. The third-order valence-electron chi connectivity index (χ3n) is 1.66. The lowest BCUT2D eigenvalue weighted by Gasteiger charge is -2.12. The number of sulfonamides is 1. The first-order valence-electron chi connectivity index (χ1n) is 4.71. The average Bonchev–Trinajstić information content (AvgIpc) is 2.03. The Labute approximate surface area is 86.1 Å². The number of ether oxygens (including phenoxy) is 1. The summed E-state index contributed by atoms with van der Waals surface area (Å²) in [6, 6.07) is -0.178. The van der Waals surface area contributed by atoms with E-state index in [2.05, 4.69) is 4.72 Å². The van der Waals surface area contributed by atoms with E-state index in [-0.39, 0.29) is 11.8 Å². The topological polar surface area (TPSA) is 81.4 Å². The second-order valence-electron chi connectivity index (χ2n) is 3.29. The van der Waals surface area contributed by atoms with Gasteiger partial charge >= 0.3 is 0 Å². The van der Waals surface area contributed by atoms with Crippen LogP contribution in [0.15, 0.2) is 0 Å². The molecule has 0 aliphatic heterocycles. The molecule has 0 radical (unpaired) electrons. The summed E-state index contributed by atoms with van der Waals surface area (Å²) in [7, 11) is -1.62. The van der Waals surface area contributed by atoms with Gasteiger partial charge in [-0.1, -0.05) is 0 Å². The molecule has 86 valence electrons. The molecular weight excluding hydrogens is 204 g/mol. The van der Waals surface area contributed by atoms with Crippen molar-refractivity contribution in [3.63, 3.8) is 0 Å². The van der Waals surface area contributed by atoms with E-state index in [4.69, 9.17) is 10.5 Å². The summed E-state index contributed by atoms with van der Waals surface area (Å²) in [5.41, 5.74) is 5.27. The summed E-state index contributed by atoms with van der Waals surface area (Å²) in [4.78, 5) is 0. The summed E-state index contributed by atoms with van der Waals surface area (Å²) in [6.45, 7) is 2.68. The minimum Gasteiger partial charge on any atom is -0.383 e. The van der Waals surface area contributed by atoms with Crippen LogP contribution in [-0.2, 0) is 14.8 Å². The Hall–Kier alpha value is -0.170. The third kappa shape index (κ3) is 7.25. The summed E-state index contributed by atoms with van der Waals surface area (Å²) >= 11 is 0. The van der Waals surface area contributed by atoms with E-state index in [9.17, 15) is 8.42 Å². The number of nitrogens with one attached hydrogen (secondary N) is 1. The molecule has 0 aromatic heterocycles. The van der Waals surface area contributed by atoms with Gasteiger partial charge in [-0.15, -0.1) is 0 Å². The van der Waals surface area contributed by atoms with Crippen LogP contribution in [0.5, 0.6) is 0 Å². The van der Waals surface area contributed by atoms with Gasteiger partial charge in [-0.2, -0.15) is 0 Å². The minimum absolute atomic E-state index is 0.137. The van der Waals surface area contributed by atoms with Crippen molar-refractivity contribution >= 4 is 10.0 Å². The summed E-state index contributed by atoms with van der Waals surface area (Å²) < 4.78 is 30.1. The van der Waals surface area contributed by atoms with Gasteiger partial charge < -0.3 is 10.5 Å². The monoisotopic (exact) mass is 224 g/mol. The summed E-state index contributed by atoms with van der Waals surface area (Å²) in [6.07, 6.45) is 1.34. The van der Waals surface area contributed by atoms with E-state index >= 15 is 0 Å². The van der Waals surface area contributed by atoms with Gasteiger partial charge in [-0.3, -0.25) is 0 Å². The van der Waals surface area contributed by atoms with E-state index in [1.165, 1.54) is 0 Å². The van der Waals surface area contributed by atoms with Crippen molar-refractivity contribution in [3.8, 4) is 0 Å². The molecule has 0 aliphatic carbocycles. The largest absolute Gasteiger partial charge is 0.383 e. The average molecular weight is 224 g/mol. The van der Waals surface area contributed by atoms with Crippen LogP contribution in [0.4, 0.5) is 0 Å². The molecule has 0 rings (SSSR count). The first kappa shape index (κ1) is 13.8. The Morgan fingerprint density at radius 2 is 2.07 bits per heavy atom. The number of hydrogen-bond donors (Lipinski definition) is 2. The second-order valence-corrected chi connectivity index (χ2v) is 5.16. The number of methoxy groups -OCH3 is 1. The summed E-state index contributed by atoms with van der Waals surface area (Å²) in [5, 5.41) is 0. The van der Waals surface area contributed by atoms with Crippen LogP contribution in [0.3, 0.4) is 0 Å². The molecule has 5 nitrogen and oxygen atoms in total. The highest BCUT2D eigenvalue weighted by Crippen LogP contribution is 1.95. The predicted octanol–water partition coefficient (Wildman–Crippen LogP) is -0.320. The molecule has 1 atom stereocenters. The minimum atomic E-state index is -3.16. The molecule has 0 saturated carbocycles. The fraction of sp³-hybridized carbons (Fsp3) is 1.00. The molecular formula is C8H20N2O3S. The molecule has 0 heterocycles. The van der Waals surface area contributed by atoms with E-state index in [0.29, 0.717) is 19.6 Å². The van der Waals surface area contributed by atoms with Crippen LogP contribution < -0.4 is 10.5 Å². The van der Waals surface area contributed by atoms with Gasteiger partial charge in [0.15, 0.2) is 0 Å². The van der Waals surface area contributed by atoms with Gasteiger partial charge in [-0.05, 0) is 26.3 Å². The van der Waals surface area contributed by atoms with Crippen LogP contribution in [0, 0.1) is 0 Å². The molecule has 0 amide bonds. The molecule has 0 aliphatic rings. The quantitative estimate of drug-likeness (QED) is 0.554. The van der Waals surface area contributed by atoms with Crippen molar-refractivity contribution in [1.82, 2.24) is 4.72 Å². The molecule has 1 unspecified atom stereocenters.